The largest absolute Gasteiger partial charge is 0.419 e. The van der Waals surface area contributed by atoms with Crippen LogP contribution in [-0.2, 0) is 6.18 Å². The maximum absolute atomic E-state index is 13.2. The molecule has 1 aromatic carbocycles. The van der Waals surface area contributed by atoms with Crippen LogP contribution in [0.2, 0.25) is 0 Å². The first kappa shape index (κ1) is 14.3. The molecule has 0 aromatic heterocycles. The third kappa shape index (κ3) is 3.06. The molecule has 2 nitrogen and oxygen atoms in total. The molecule has 0 unspecified atom stereocenters. The van der Waals surface area contributed by atoms with Crippen molar-refractivity contribution in [2.75, 3.05) is 19.7 Å². The molecule has 0 bridgehead atoms. The molecule has 2 N–H and O–H groups in total. The lowest BCUT2D eigenvalue weighted by Crippen LogP contribution is -2.37. The summed E-state index contributed by atoms with van der Waals surface area (Å²) in [5.41, 5.74) is -0.797. The molecule has 0 spiro atoms. The second kappa shape index (κ2) is 5.46. The Morgan fingerprint density at radius 1 is 1.32 bits per heavy atom. The average Bonchev–Trinajstić information content (AvgIpc) is 2.38. The van der Waals surface area contributed by atoms with Crippen LogP contribution < -0.4 is 5.32 Å². The molecule has 1 fully saturated rings. The fraction of sp³-hybridized carbons (Fsp3) is 0.538. The Morgan fingerprint density at radius 2 is 2.05 bits per heavy atom. The molecule has 106 valence electrons. The number of alkyl halides is 3. The summed E-state index contributed by atoms with van der Waals surface area (Å²) in [5, 5.41) is 12.4. The molecule has 0 saturated carbocycles. The van der Waals surface area contributed by atoms with Gasteiger partial charge in [0.05, 0.1) is 5.56 Å². The van der Waals surface area contributed by atoms with Gasteiger partial charge in [0.25, 0.3) is 0 Å². The van der Waals surface area contributed by atoms with E-state index in [0.29, 0.717) is 25.1 Å². The topological polar surface area (TPSA) is 32.3 Å². The molecule has 0 radical (unpaired) electrons. The van der Waals surface area contributed by atoms with Crippen LogP contribution in [0, 0.1) is 11.7 Å². The molecule has 0 amide bonds. The fourth-order valence-electron chi connectivity index (χ4n) is 2.54. The molecule has 1 aliphatic heterocycles. The highest BCUT2D eigenvalue weighted by Crippen LogP contribution is 2.36. The minimum absolute atomic E-state index is 0.101. The fourth-order valence-corrected chi connectivity index (χ4v) is 2.54. The highest BCUT2D eigenvalue weighted by molar-refractivity contribution is 5.30. The number of nitrogens with one attached hydrogen (secondary N) is 1. The van der Waals surface area contributed by atoms with E-state index >= 15 is 0 Å². The number of benzene rings is 1. The van der Waals surface area contributed by atoms with E-state index in [2.05, 4.69) is 5.32 Å². The number of rotatable bonds is 2. The summed E-state index contributed by atoms with van der Waals surface area (Å²) < 4.78 is 51.2. The van der Waals surface area contributed by atoms with Crippen LogP contribution in [0.4, 0.5) is 17.6 Å². The van der Waals surface area contributed by atoms with Crippen LogP contribution in [0.5, 0.6) is 0 Å². The minimum Gasteiger partial charge on any atom is -0.396 e. The number of aliphatic hydroxyl groups excluding tert-OH is 1. The lowest BCUT2D eigenvalue weighted by Gasteiger charge is -2.31. The summed E-state index contributed by atoms with van der Waals surface area (Å²) in [6.45, 7) is 1.14. The molecule has 6 heteroatoms. The van der Waals surface area contributed by atoms with Gasteiger partial charge < -0.3 is 10.4 Å². The second-order valence-corrected chi connectivity index (χ2v) is 4.78. The van der Waals surface area contributed by atoms with E-state index in [1.807, 2.05) is 0 Å². The zero-order chi connectivity index (χ0) is 14.0. The predicted octanol–water partition coefficient (Wildman–Crippen LogP) is 2.53. The Bertz CT molecular complexity index is 447. The van der Waals surface area contributed by atoms with Crippen molar-refractivity contribution in [2.45, 2.75) is 18.5 Å². The van der Waals surface area contributed by atoms with Crippen LogP contribution >= 0.6 is 0 Å². The Balaban J connectivity index is 2.34. The van der Waals surface area contributed by atoms with Gasteiger partial charge in [-0.1, -0.05) is 6.07 Å². The van der Waals surface area contributed by atoms with Gasteiger partial charge in [0.15, 0.2) is 0 Å². The van der Waals surface area contributed by atoms with Crippen molar-refractivity contribution >= 4 is 0 Å². The molecular formula is C13H15F4NO. The number of halogens is 4. The van der Waals surface area contributed by atoms with Gasteiger partial charge >= 0.3 is 6.18 Å². The summed E-state index contributed by atoms with van der Waals surface area (Å²) in [5.74, 6) is -1.57. The SMILES string of the molecule is OC[C@@H]1CNCC[C@H]1c1ccc(F)c(C(F)(F)F)c1. The smallest absolute Gasteiger partial charge is 0.396 e. The lowest BCUT2D eigenvalue weighted by molar-refractivity contribution is -0.140. The van der Waals surface area contributed by atoms with Crippen LogP contribution in [0.15, 0.2) is 18.2 Å². The normalized spacial score (nSPS) is 24.5. The van der Waals surface area contributed by atoms with Crippen molar-refractivity contribution < 1.29 is 22.7 Å². The third-order valence-corrected chi connectivity index (χ3v) is 3.57. The highest BCUT2D eigenvalue weighted by atomic mass is 19.4. The number of aliphatic hydroxyl groups is 1. The Kier molecular flexibility index (Phi) is 4.10. The minimum atomic E-state index is -4.69. The zero-order valence-corrected chi connectivity index (χ0v) is 10.2. The first-order chi connectivity index (χ1) is 8.93. The van der Waals surface area contributed by atoms with Crippen LogP contribution in [0.1, 0.15) is 23.5 Å². The molecule has 2 rings (SSSR count). The second-order valence-electron chi connectivity index (χ2n) is 4.78. The molecule has 2 atom stereocenters. The van der Waals surface area contributed by atoms with Crippen molar-refractivity contribution in [3.05, 3.63) is 35.1 Å². The van der Waals surface area contributed by atoms with Gasteiger partial charge in [-0.05, 0) is 36.6 Å². The van der Waals surface area contributed by atoms with E-state index in [1.165, 1.54) is 6.07 Å². The number of piperidine rings is 1. The standard InChI is InChI=1S/C13H15F4NO/c14-12-2-1-8(5-11(12)13(15,16)17)10-3-4-18-6-9(10)7-19/h1-2,5,9-10,18-19H,3-4,6-7H2/t9-,10-/m0/s1. The number of hydrogen-bond acceptors (Lipinski definition) is 2. The zero-order valence-electron chi connectivity index (χ0n) is 10.2. The first-order valence-corrected chi connectivity index (χ1v) is 6.11. The molecule has 1 heterocycles. The van der Waals surface area contributed by atoms with Crippen molar-refractivity contribution in [3.63, 3.8) is 0 Å². The van der Waals surface area contributed by atoms with Gasteiger partial charge in [0.1, 0.15) is 5.82 Å². The van der Waals surface area contributed by atoms with E-state index in [1.54, 1.807) is 0 Å². The lowest BCUT2D eigenvalue weighted by atomic mass is 9.81. The Morgan fingerprint density at radius 3 is 2.68 bits per heavy atom. The van der Waals surface area contributed by atoms with Gasteiger partial charge in [-0.25, -0.2) is 4.39 Å². The van der Waals surface area contributed by atoms with Gasteiger partial charge in [0, 0.05) is 19.1 Å². The summed E-state index contributed by atoms with van der Waals surface area (Å²) in [4.78, 5) is 0. The molecule has 19 heavy (non-hydrogen) atoms. The Hall–Kier alpha value is -1.14. The average molecular weight is 277 g/mol. The molecule has 1 aromatic rings. The monoisotopic (exact) mass is 277 g/mol. The third-order valence-electron chi connectivity index (χ3n) is 3.57. The molecule has 1 saturated heterocycles. The number of hydrogen-bond donors (Lipinski definition) is 2. The Labute approximate surface area is 108 Å². The van der Waals surface area contributed by atoms with Crippen molar-refractivity contribution in [1.29, 1.82) is 0 Å². The summed E-state index contributed by atoms with van der Waals surface area (Å²) in [7, 11) is 0. The van der Waals surface area contributed by atoms with Gasteiger partial charge in [-0.3, -0.25) is 0 Å². The molecular weight excluding hydrogens is 262 g/mol. The predicted molar refractivity (Wildman–Crippen MR) is 62.2 cm³/mol. The van der Waals surface area contributed by atoms with E-state index in [4.69, 9.17) is 0 Å². The molecule has 0 aliphatic carbocycles. The first-order valence-electron chi connectivity index (χ1n) is 6.11. The van der Waals surface area contributed by atoms with Crippen molar-refractivity contribution in [1.82, 2.24) is 5.32 Å². The summed E-state index contributed by atoms with van der Waals surface area (Å²) in [6, 6.07) is 3.10. The maximum atomic E-state index is 13.2. The highest BCUT2D eigenvalue weighted by Gasteiger charge is 2.35. The molecule has 1 aliphatic rings. The van der Waals surface area contributed by atoms with E-state index < -0.39 is 17.6 Å². The summed E-state index contributed by atoms with van der Waals surface area (Å²) in [6.07, 6.45) is -4.06. The van der Waals surface area contributed by atoms with Crippen LogP contribution in [-0.4, -0.2) is 24.8 Å². The quantitative estimate of drug-likeness (QED) is 0.814. The van der Waals surface area contributed by atoms with Gasteiger partial charge in [-0.2, -0.15) is 13.2 Å². The van der Waals surface area contributed by atoms with E-state index in [0.717, 1.165) is 12.1 Å². The van der Waals surface area contributed by atoms with E-state index in [9.17, 15) is 22.7 Å². The van der Waals surface area contributed by atoms with Crippen molar-refractivity contribution in [2.24, 2.45) is 5.92 Å². The maximum Gasteiger partial charge on any atom is 0.419 e. The van der Waals surface area contributed by atoms with Crippen LogP contribution in [0.3, 0.4) is 0 Å². The summed E-state index contributed by atoms with van der Waals surface area (Å²) >= 11 is 0. The van der Waals surface area contributed by atoms with Crippen LogP contribution in [0.25, 0.3) is 0 Å². The van der Waals surface area contributed by atoms with Gasteiger partial charge in [-0.15, -0.1) is 0 Å². The van der Waals surface area contributed by atoms with Gasteiger partial charge in [0.2, 0.25) is 0 Å². The van der Waals surface area contributed by atoms with E-state index in [-0.39, 0.29) is 18.4 Å². The van der Waals surface area contributed by atoms with Crippen molar-refractivity contribution in [3.8, 4) is 0 Å².